The van der Waals surface area contributed by atoms with Gasteiger partial charge in [-0.3, -0.25) is 14.5 Å². The fourth-order valence-corrected chi connectivity index (χ4v) is 4.11. The molecule has 1 heterocycles. The Labute approximate surface area is 143 Å². The minimum Gasteiger partial charge on any atom is -0.268 e. The van der Waals surface area contributed by atoms with E-state index >= 15 is 0 Å². The molecule has 0 N–H and O–H groups in total. The molecule has 1 saturated heterocycles. The van der Waals surface area contributed by atoms with E-state index in [0.29, 0.717) is 12.5 Å². The molecular weight excluding hydrogens is 337 g/mol. The molecule has 0 atom stereocenters. The highest BCUT2D eigenvalue weighted by atomic mass is 35.5. The Hall–Kier alpha value is -1.33. The van der Waals surface area contributed by atoms with Crippen molar-refractivity contribution in [2.75, 3.05) is 6.54 Å². The lowest BCUT2D eigenvalue weighted by atomic mass is 9.89. The van der Waals surface area contributed by atoms with Crippen molar-refractivity contribution in [2.45, 2.75) is 32.1 Å². The van der Waals surface area contributed by atoms with Gasteiger partial charge >= 0.3 is 0 Å². The van der Waals surface area contributed by atoms with Crippen molar-refractivity contribution in [3.05, 3.63) is 39.5 Å². The van der Waals surface area contributed by atoms with E-state index in [1.54, 1.807) is 6.07 Å². The molecular formula is C17H17ClFNO2S. The Morgan fingerprint density at radius 2 is 2.00 bits per heavy atom. The van der Waals surface area contributed by atoms with Gasteiger partial charge in [0.2, 0.25) is 0 Å². The molecule has 0 spiro atoms. The monoisotopic (exact) mass is 353 g/mol. The van der Waals surface area contributed by atoms with Crippen LogP contribution in [-0.2, 0) is 4.79 Å². The van der Waals surface area contributed by atoms with Gasteiger partial charge in [-0.05, 0) is 48.7 Å². The summed E-state index contributed by atoms with van der Waals surface area (Å²) in [6.45, 7) is 0.465. The number of benzene rings is 1. The minimum absolute atomic E-state index is 0.150. The average Bonchev–Trinajstić information content (AvgIpc) is 2.80. The first kappa shape index (κ1) is 16.5. The van der Waals surface area contributed by atoms with Gasteiger partial charge in [0, 0.05) is 12.1 Å². The second-order valence-electron chi connectivity index (χ2n) is 5.93. The number of imide groups is 1. The van der Waals surface area contributed by atoms with E-state index in [4.69, 9.17) is 11.6 Å². The number of carbonyl (C=O) groups is 2. The van der Waals surface area contributed by atoms with Crippen molar-refractivity contribution in [2.24, 2.45) is 5.92 Å². The Morgan fingerprint density at radius 1 is 1.26 bits per heavy atom. The summed E-state index contributed by atoms with van der Waals surface area (Å²) in [4.78, 5) is 26.1. The third-order valence-corrected chi connectivity index (χ3v) is 5.55. The van der Waals surface area contributed by atoms with Crippen molar-refractivity contribution < 1.29 is 14.0 Å². The smallest absolute Gasteiger partial charge is 0.268 e. The van der Waals surface area contributed by atoms with Crippen molar-refractivity contribution in [1.29, 1.82) is 0 Å². The molecule has 1 aromatic rings. The maximum atomic E-state index is 13.8. The quantitative estimate of drug-likeness (QED) is 0.710. The Balaban J connectivity index is 1.79. The molecule has 0 aromatic heterocycles. The molecule has 23 heavy (non-hydrogen) atoms. The second kappa shape index (κ2) is 7.05. The molecule has 2 amide bonds. The van der Waals surface area contributed by atoms with Crippen molar-refractivity contribution in [3.8, 4) is 0 Å². The first-order valence-electron chi connectivity index (χ1n) is 7.75. The normalized spacial score (nSPS) is 21.5. The molecule has 122 valence electrons. The van der Waals surface area contributed by atoms with Crippen molar-refractivity contribution >= 4 is 40.6 Å². The average molecular weight is 354 g/mol. The van der Waals surface area contributed by atoms with Crippen LogP contribution < -0.4 is 0 Å². The molecule has 3 nitrogen and oxygen atoms in total. The minimum atomic E-state index is -0.503. The van der Waals surface area contributed by atoms with Gasteiger partial charge in [0.05, 0.1) is 9.93 Å². The first-order valence-corrected chi connectivity index (χ1v) is 8.95. The molecule has 0 unspecified atom stereocenters. The van der Waals surface area contributed by atoms with Gasteiger partial charge in [0.25, 0.3) is 11.1 Å². The Kier molecular flexibility index (Phi) is 5.07. The molecule has 3 rings (SSSR count). The summed E-state index contributed by atoms with van der Waals surface area (Å²) in [5.74, 6) is -0.463. The van der Waals surface area contributed by atoms with Gasteiger partial charge in [-0.25, -0.2) is 4.39 Å². The molecule has 0 radical (unpaired) electrons. The number of amides is 2. The van der Waals surface area contributed by atoms with E-state index in [9.17, 15) is 14.0 Å². The van der Waals surface area contributed by atoms with Gasteiger partial charge in [0.1, 0.15) is 5.82 Å². The molecule has 1 aliphatic carbocycles. The number of hydrogen-bond acceptors (Lipinski definition) is 3. The van der Waals surface area contributed by atoms with E-state index < -0.39 is 5.82 Å². The van der Waals surface area contributed by atoms with Crippen molar-refractivity contribution in [1.82, 2.24) is 4.90 Å². The van der Waals surface area contributed by atoms with Crippen LogP contribution in [0, 0.1) is 11.7 Å². The fraction of sp³-hybridized carbons (Fsp3) is 0.412. The number of rotatable bonds is 3. The molecule has 2 fully saturated rings. The number of halogens is 2. The summed E-state index contributed by atoms with van der Waals surface area (Å²) < 4.78 is 13.8. The summed E-state index contributed by atoms with van der Waals surface area (Å²) in [6, 6.07) is 4.34. The topological polar surface area (TPSA) is 37.4 Å². The third-order valence-electron chi connectivity index (χ3n) is 4.31. The van der Waals surface area contributed by atoms with E-state index in [1.165, 1.54) is 29.5 Å². The summed E-state index contributed by atoms with van der Waals surface area (Å²) >= 11 is 6.84. The highest BCUT2D eigenvalue weighted by Gasteiger charge is 2.36. The molecule has 1 aromatic carbocycles. The van der Waals surface area contributed by atoms with Crippen LogP contribution >= 0.6 is 23.4 Å². The van der Waals surface area contributed by atoms with Crippen LogP contribution in [0.3, 0.4) is 0 Å². The lowest BCUT2D eigenvalue weighted by Crippen LogP contribution is -2.34. The van der Waals surface area contributed by atoms with Crippen LogP contribution in [0.1, 0.15) is 37.7 Å². The predicted molar refractivity (Wildman–Crippen MR) is 90.7 cm³/mol. The third kappa shape index (κ3) is 3.61. The highest BCUT2D eigenvalue weighted by molar-refractivity contribution is 8.18. The summed E-state index contributed by atoms with van der Waals surface area (Å²) in [5, 5.41) is -0.0524. The summed E-state index contributed by atoms with van der Waals surface area (Å²) in [6.07, 6.45) is 7.02. The fourth-order valence-electron chi connectivity index (χ4n) is 3.06. The van der Waals surface area contributed by atoms with Crippen LogP contribution in [0.4, 0.5) is 9.18 Å². The van der Waals surface area contributed by atoms with Gasteiger partial charge in [0.15, 0.2) is 0 Å². The van der Waals surface area contributed by atoms with E-state index in [2.05, 4.69) is 0 Å². The Bertz CT molecular complexity index is 650. The van der Waals surface area contributed by atoms with Gasteiger partial charge in [-0.15, -0.1) is 0 Å². The molecule has 0 bridgehead atoms. The lowest BCUT2D eigenvalue weighted by molar-refractivity contribution is -0.123. The highest BCUT2D eigenvalue weighted by Crippen LogP contribution is 2.36. The van der Waals surface area contributed by atoms with Crippen LogP contribution in [0.2, 0.25) is 5.02 Å². The Morgan fingerprint density at radius 3 is 2.70 bits per heavy atom. The number of nitrogens with zero attached hydrogens (tertiary/aromatic N) is 1. The number of hydrogen-bond donors (Lipinski definition) is 0. The summed E-state index contributed by atoms with van der Waals surface area (Å²) in [5.41, 5.74) is 0.150. The van der Waals surface area contributed by atoms with Crippen LogP contribution in [0.15, 0.2) is 23.1 Å². The number of carbonyl (C=O) groups excluding carboxylic acids is 2. The SMILES string of the molecule is O=C1S/C(=C/c2c(F)cccc2Cl)C(=O)N1CC1CCCCC1. The largest absolute Gasteiger partial charge is 0.293 e. The molecule has 6 heteroatoms. The van der Waals surface area contributed by atoms with E-state index in [0.717, 1.165) is 37.4 Å². The van der Waals surface area contributed by atoms with E-state index in [1.807, 2.05) is 0 Å². The zero-order valence-corrected chi connectivity index (χ0v) is 14.1. The summed E-state index contributed by atoms with van der Waals surface area (Å²) in [7, 11) is 0. The van der Waals surface area contributed by atoms with Crippen molar-refractivity contribution in [3.63, 3.8) is 0 Å². The first-order chi connectivity index (χ1) is 11.1. The molecule has 1 saturated carbocycles. The van der Waals surface area contributed by atoms with Gasteiger partial charge in [-0.2, -0.15) is 0 Å². The van der Waals surface area contributed by atoms with Crippen LogP contribution in [-0.4, -0.2) is 22.6 Å². The van der Waals surface area contributed by atoms with Crippen LogP contribution in [0.25, 0.3) is 6.08 Å². The maximum absolute atomic E-state index is 13.8. The number of thioether (sulfide) groups is 1. The van der Waals surface area contributed by atoms with Crippen LogP contribution in [0.5, 0.6) is 0 Å². The predicted octanol–water partition coefficient (Wildman–Crippen LogP) is 5.10. The van der Waals surface area contributed by atoms with Gasteiger partial charge in [-0.1, -0.05) is 36.9 Å². The maximum Gasteiger partial charge on any atom is 0.293 e. The van der Waals surface area contributed by atoms with E-state index in [-0.39, 0.29) is 26.6 Å². The molecule has 1 aliphatic heterocycles. The zero-order chi connectivity index (χ0) is 16.4. The zero-order valence-electron chi connectivity index (χ0n) is 12.6. The van der Waals surface area contributed by atoms with Gasteiger partial charge < -0.3 is 0 Å². The standard InChI is InChI=1S/C17H17ClFNO2S/c18-13-7-4-8-14(19)12(13)9-15-16(21)20(17(22)23-15)10-11-5-2-1-3-6-11/h4,7-9,11H,1-3,5-6,10H2/b15-9+. The second-order valence-corrected chi connectivity index (χ2v) is 7.33. The molecule has 2 aliphatic rings. The lowest BCUT2D eigenvalue weighted by Gasteiger charge is -2.25.